The average Bonchev–Trinajstić information content (AvgIpc) is 2.43. The van der Waals surface area contributed by atoms with Crippen LogP contribution in [0.5, 0.6) is 0 Å². The van der Waals surface area contributed by atoms with Crippen molar-refractivity contribution >= 4 is 5.91 Å². The summed E-state index contributed by atoms with van der Waals surface area (Å²) in [6.45, 7) is 6.78. The van der Waals surface area contributed by atoms with E-state index >= 15 is 0 Å². The third-order valence-electron chi connectivity index (χ3n) is 4.19. The Morgan fingerprint density at radius 3 is 2.40 bits per heavy atom. The van der Waals surface area contributed by atoms with Gasteiger partial charge in [0.05, 0.1) is 0 Å². The minimum absolute atomic E-state index is 0.0390. The summed E-state index contributed by atoms with van der Waals surface area (Å²) >= 11 is 0. The lowest BCUT2D eigenvalue weighted by atomic mass is 9.91. The van der Waals surface area contributed by atoms with Gasteiger partial charge >= 0.3 is 0 Å². The van der Waals surface area contributed by atoms with Crippen molar-refractivity contribution in [3.63, 3.8) is 0 Å². The Balaban J connectivity index is 2.55. The predicted octanol–water partition coefficient (Wildman–Crippen LogP) is 0.848. The zero-order chi connectivity index (χ0) is 15.2. The Morgan fingerprint density at radius 1 is 1.35 bits per heavy atom. The fourth-order valence-corrected chi connectivity index (χ4v) is 2.75. The molecule has 1 amide bonds. The molecule has 20 heavy (non-hydrogen) atoms. The van der Waals surface area contributed by atoms with Gasteiger partial charge in [-0.05, 0) is 52.4 Å². The summed E-state index contributed by atoms with van der Waals surface area (Å²) in [5.74, 6) is 0.659. The number of hydrogen-bond donors (Lipinski definition) is 2. The second-order valence-corrected chi connectivity index (χ2v) is 6.41. The Bertz CT molecular complexity index is 299. The quantitative estimate of drug-likeness (QED) is 0.728. The van der Waals surface area contributed by atoms with E-state index in [0.29, 0.717) is 18.5 Å². The third kappa shape index (κ3) is 4.72. The van der Waals surface area contributed by atoms with E-state index in [1.165, 1.54) is 0 Å². The van der Waals surface area contributed by atoms with Crippen LogP contribution in [0.2, 0.25) is 0 Å². The fourth-order valence-electron chi connectivity index (χ4n) is 2.75. The Kier molecular flexibility index (Phi) is 6.92. The van der Waals surface area contributed by atoms with Crippen molar-refractivity contribution in [1.82, 2.24) is 15.5 Å². The monoisotopic (exact) mass is 285 g/mol. The van der Waals surface area contributed by atoms with E-state index in [2.05, 4.69) is 43.5 Å². The minimum Gasteiger partial charge on any atom is -0.368 e. The van der Waals surface area contributed by atoms with Crippen LogP contribution in [0.15, 0.2) is 0 Å². The standard InChI is InChI=1S/C15H31N3O2/c1-12(2)10-13(18(3)4)11-17-14(19)15(20-5)6-8-16-9-7-15/h12-13,16H,6-11H2,1-5H3,(H,17,19). The van der Waals surface area contributed by atoms with Crippen molar-refractivity contribution < 1.29 is 9.53 Å². The van der Waals surface area contributed by atoms with Crippen molar-refractivity contribution in [1.29, 1.82) is 0 Å². The van der Waals surface area contributed by atoms with Crippen LogP contribution in [0.25, 0.3) is 0 Å². The molecule has 1 saturated heterocycles. The van der Waals surface area contributed by atoms with Gasteiger partial charge in [0, 0.05) is 19.7 Å². The number of nitrogens with one attached hydrogen (secondary N) is 2. The number of ether oxygens (including phenoxy) is 1. The van der Waals surface area contributed by atoms with Crippen LogP contribution < -0.4 is 10.6 Å². The topological polar surface area (TPSA) is 53.6 Å². The normalized spacial score (nSPS) is 20.1. The molecule has 0 aliphatic carbocycles. The van der Waals surface area contributed by atoms with Crippen LogP contribution in [0, 0.1) is 5.92 Å². The lowest BCUT2D eigenvalue weighted by Crippen LogP contribution is -2.55. The molecule has 0 saturated carbocycles. The molecule has 0 spiro atoms. The zero-order valence-electron chi connectivity index (χ0n) is 13.7. The first-order valence-corrected chi connectivity index (χ1v) is 7.62. The van der Waals surface area contributed by atoms with Gasteiger partial charge in [-0.15, -0.1) is 0 Å². The van der Waals surface area contributed by atoms with E-state index < -0.39 is 5.60 Å². The molecule has 1 fully saturated rings. The molecule has 0 aromatic heterocycles. The van der Waals surface area contributed by atoms with E-state index in [4.69, 9.17) is 4.74 Å². The van der Waals surface area contributed by atoms with Gasteiger partial charge in [-0.1, -0.05) is 13.8 Å². The fraction of sp³-hybridized carbons (Fsp3) is 0.933. The Labute approximate surface area is 123 Å². The molecule has 1 rings (SSSR count). The molecule has 5 heteroatoms. The van der Waals surface area contributed by atoms with Crippen molar-refractivity contribution in [2.45, 2.75) is 44.8 Å². The van der Waals surface area contributed by atoms with E-state index in [-0.39, 0.29) is 5.91 Å². The SMILES string of the molecule is COC1(C(=O)NCC(CC(C)C)N(C)C)CCNCC1. The molecule has 0 bridgehead atoms. The first-order valence-electron chi connectivity index (χ1n) is 7.62. The highest BCUT2D eigenvalue weighted by Gasteiger charge is 2.39. The molecule has 0 aromatic rings. The molecule has 1 unspecified atom stereocenters. The molecule has 1 aliphatic heterocycles. The molecular formula is C15H31N3O2. The smallest absolute Gasteiger partial charge is 0.252 e. The Morgan fingerprint density at radius 2 is 1.95 bits per heavy atom. The zero-order valence-corrected chi connectivity index (χ0v) is 13.7. The molecule has 0 radical (unpaired) electrons. The highest BCUT2D eigenvalue weighted by Crippen LogP contribution is 2.22. The van der Waals surface area contributed by atoms with Crippen molar-refractivity contribution in [3.8, 4) is 0 Å². The number of amides is 1. The third-order valence-corrected chi connectivity index (χ3v) is 4.19. The largest absolute Gasteiger partial charge is 0.368 e. The van der Waals surface area contributed by atoms with Crippen LogP contribution in [0.3, 0.4) is 0 Å². The molecule has 5 nitrogen and oxygen atoms in total. The van der Waals surface area contributed by atoms with Crippen LogP contribution in [-0.2, 0) is 9.53 Å². The number of methoxy groups -OCH3 is 1. The molecule has 1 aliphatic rings. The first-order chi connectivity index (χ1) is 9.41. The Hall–Kier alpha value is -0.650. The number of carbonyl (C=O) groups excluding carboxylic acids is 1. The van der Waals surface area contributed by atoms with E-state index in [1.54, 1.807) is 7.11 Å². The summed E-state index contributed by atoms with van der Waals surface area (Å²) in [5, 5.41) is 6.37. The van der Waals surface area contributed by atoms with E-state index in [0.717, 1.165) is 32.4 Å². The van der Waals surface area contributed by atoms with Gasteiger partial charge in [0.1, 0.15) is 5.60 Å². The van der Waals surface area contributed by atoms with Crippen LogP contribution in [0.4, 0.5) is 0 Å². The summed E-state index contributed by atoms with van der Waals surface area (Å²) in [5.41, 5.74) is -0.639. The van der Waals surface area contributed by atoms with Gasteiger partial charge in [-0.3, -0.25) is 4.79 Å². The van der Waals surface area contributed by atoms with E-state index in [9.17, 15) is 4.79 Å². The lowest BCUT2D eigenvalue weighted by molar-refractivity contribution is -0.146. The van der Waals surface area contributed by atoms with E-state index in [1.807, 2.05) is 0 Å². The second-order valence-electron chi connectivity index (χ2n) is 6.41. The maximum absolute atomic E-state index is 12.5. The number of nitrogens with zero attached hydrogens (tertiary/aromatic N) is 1. The number of piperidine rings is 1. The van der Waals surface area contributed by atoms with Gasteiger partial charge in [-0.25, -0.2) is 0 Å². The molecule has 0 aromatic carbocycles. The summed E-state index contributed by atoms with van der Waals surface area (Å²) in [6.07, 6.45) is 2.56. The van der Waals surface area contributed by atoms with Crippen LogP contribution in [-0.4, -0.2) is 63.3 Å². The molecular weight excluding hydrogens is 254 g/mol. The van der Waals surface area contributed by atoms with Crippen LogP contribution >= 0.6 is 0 Å². The van der Waals surface area contributed by atoms with Crippen molar-refractivity contribution in [3.05, 3.63) is 0 Å². The predicted molar refractivity (Wildman–Crippen MR) is 81.8 cm³/mol. The molecule has 1 heterocycles. The maximum Gasteiger partial charge on any atom is 0.252 e. The van der Waals surface area contributed by atoms with Gasteiger partial charge in [-0.2, -0.15) is 0 Å². The number of carbonyl (C=O) groups is 1. The number of likely N-dealkylation sites (N-methyl/N-ethyl adjacent to an activating group) is 1. The van der Waals surface area contributed by atoms with Gasteiger partial charge in [0.25, 0.3) is 5.91 Å². The van der Waals surface area contributed by atoms with Gasteiger partial charge in [0.15, 0.2) is 0 Å². The highest BCUT2D eigenvalue weighted by atomic mass is 16.5. The summed E-state index contributed by atoms with van der Waals surface area (Å²) in [4.78, 5) is 14.7. The van der Waals surface area contributed by atoms with Crippen LogP contribution in [0.1, 0.15) is 33.1 Å². The number of rotatable bonds is 7. The summed E-state index contributed by atoms with van der Waals surface area (Å²) in [6, 6.07) is 0.370. The van der Waals surface area contributed by atoms with Crippen molar-refractivity contribution in [2.24, 2.45) is 5.92 Å². The average molecular weight is 285 g/mol. The molecule has 1 atom stereocenters. The number of hydrogen-bond acceptors (Lipinski definition) is 4. The minimum atomic E-state index is -0.639. The maximum atomic E-state index is 12.5. The first kappa shape index (κ1) is 17.4. The van der Waals surface area contributed by atoms with Crippen molar-refractivity contribution in [2.75, 3.05) is 40.8 Å². The summed E-state index contributed by atoms with van der Waals surface area (Å²) < 4.78 is 5.55. The molecule has 118 valence electrons. The van der Waals surface area contributed by atoms with Gasteiger partial charge < -0.3 is 20.3 Å². The second kappa shape index (κ2) is 7.96. The summed E-state index contributed by atoms with van der Waals surface area (Å²) in [7, 11) is 5.77. The highest BCUT2D eigenvalue weighted by molar-refractivity contribution is 5.85. The van der Waals surface area contributed by atoms with Gasteiger partial charge in [0.2, 0.25) is 0 Å². The lowest BCUT2D eigenvalue weighted by Gasteiger charge is -2.36. The molecule has 2 N–H and O–H groups in total.